The van der Waals surface area contributed by atoms with E-state index in [2.05, 4.69) is 5.32 Å². The highest BCUT2D eigenvalue weighted by Gasteiger charge is 2.19. The average molecular weight is 475 g/mol. The highest BCUT2D eigenvalue weighted by Crippen LogP contribution is 2.23. The molecule has 0 aliphatic rings. The van der Waals surface area contributed by atoms with Crippen molar-refractivity contribution < 1.29 is 31.5 Å². The molecule has 0 atom stereocenters. The zero-order chi connectivity index (χ0) is 23.2. The van der Waals surface area contributed by atoms with Gasteiger partial charge < -0.3 is 10.1 Å². The van der Waals surface area contributed by atoms with Crippen molar-refractivity contribution in [2.75, 3.05) is 29.0 Å². The van der Waals surface area contributed by atoms with Gasteiger partial charge in [-0.2, -0.15) is 0 Å². The van der Waals surface area contributed by atoms with Gasteiger partial charge in [-0.25, -0.2) is 22.0 Å². The molecule has 0 saturated carbocycles. The molecule has 0 aliphatic carbocycles. The third-order valence-electron chi connectivity index (χ3n) is 4.10. The fourth-order valence-electron chi connectivity index (χ4n) is 2.70. The topological polar surface area (TPSA) is 92.8 Å². The largest absolute Gasteiger partial charge is 0.462 e. The molecule has 11 heteroatoms. The zero-order valence-corrected chi connectivity index (χ0v) is 18.4. The molecular formula is C20H21ClF2N2O5S. The van der Waals surface area contributed by atoms with Crippen LogP contribution < -0.4 is 9.62 Å². The molecule has 0 radical (unpaired) electrons. The van der Waals surface area contributed by atoms with E-state index in [1.54, 1.807) is 6.92 Å². The third kappa shape index (κ3) is 6.90. The Hall–Kier alpha value is -2.72. The lowest BCUT2D eigenvalue weighted by atomic mass is 10.2. The van der Waals surface area contributed by atoms with Crippen molar-refractivity contribution in [3.05, 3.63) is 58.6 Å². The van der Waals surface area contributed by atoms with E-state index in [0.717, 1.165) is 28.8 Å². The Bertz CT molecular complexity index is 1080. The van der Waals surface area contributed by atoms with Crippen LogP contribution in [0.5, 0.6) is 0 Å². The van der Waals surface area contributed by atoms with Crippen LogP contribution in [0.25, 0.3) is 0 Å². The lowest BCUT2D eigenvalue weighted by Gasteiger charge is -2.22. The molecule has 168 valence electrons. The van der Waals surface area contributed by atoms with Gasteiger partial charge >= 0.3 is 5.97 Å². The van der Waals surface area contributed by atoms with Crippen molar-refractivity contribution in [3.8, 4) is 0 Å². The maximum absolute atomic E-state index is 13.5. The summed E-state index contributed by atoms with van der Waals surface area (Å²) in [6.07, 6.45) is 1.00. The predicted molar refractivity (Wildman–Crippen MR) is 114 cm³/mol. The first-order valence-corrected chi connectivity index (χ1v) is 11.4. The standard InChI is InChI=1S/C20H21ClF2N2O5S/c1-3-30-20(27)15-8-6-13(11-16(15)21)24-19(26)5-4-10-25(31(2,28)29)14-7-9-17(22)18(23)12-14/h6-9,11-12H,3-5,10H2,1-2H3,(H,24,26). The minimum Gasteiger partial charge on any atom is -0.462 e. The molecule has 0 spiro atoms. The smallest absolute Gasteiger partial charge is 0.339 e. The van der Waals surface area contributed by atoms with Crippen molar-refractivity contribution in [1.82, 2.24) is 0 Å². The number of hydrogen-bond acceptors (Lipinski definition) is 5. The van der Waals surface area contributed by atoms with Crippen molar-refractivity contribution in [2.24, 2.45) is 0 Å². The molecular weight excluding hydrogens is 454 g/mol. The second-order valence-electron chi connectivity index (χ2n) is 6.50. The number of rotatable bonds is 9. The number of ether oxygens (including phenoxy) is 1. The van der Waals surface area contributed by atoms with Crippen molar-refractivity contribution in [2.45, 2.75) is 19.8 Å². The van der Waals surface area contributed by atoms with Gasteiger partial charge in [-0.15, -0.1) is 0 Å². The second-order valence-corrected chi connectivity index (χ2v) is 8.81. The number of sulfonamides is 1. The van der Waals surface area contributed by atoms with Crippen molar-refractivity contribution in [1.29, 1.82) is 0 Å². The van der Waals surface area contributed by atoms with Gasteiger partial charge in [0.2, 0.25) is 15.9 Å². The summed E-state index contributed by atoms with van der Waals surface area (Å²) in [4.78, 5) is 23.9. The van der Waals surface area contributed by atoms with Gasteiger partial charge in [-0.1, -0.05) is 11.6 Å². The van der Waals surface area contributed by atoms with E-state index in [9.17, 15) is 26.8 Å². The van der Waals surface area contributed by atoms with E-state index in [0.29, 0.717) is 5.69 Å². The van der Waals surface area contributed by atoms with Crippen LogP contribution in [0.4, 0.5) is 20.2 Å². The molecule has 0 aliphatic heterocycles. The summed E-state index contributed by atoms with van der Waals surface area (Å²) in [5, 5.41) is 2.71. The molecule has 0 aromatic heterocycles. The lowest BCUT2D eigenvalue weighted by Crippen LogP contribution is -2.31. The van der Waals surface area contributed by atoms with Crippen LogP contribution in [0, 0.1) is 11.6 Å². The Morgan fingerprint density at radius 3 is 2.42 bits per heavy atom. The molecule has 1 N–H and O–H groups in total. The van der Waals surface area contributed by atoms with Crippen LogP contribution in [0.3, 0.4) is 0 Å². The summed E-state index contributed by atoms with van der Waals surface area (Å²) in [7, 11) is -3.78. The molecule has 0 fully saturated rings. The van der Waals surface area contributed by atoms with E-state index in [1.807, 2.05) is 0 Å². The van der Waals surface area contributed by atoms with Gasteiger partial charge in [0, 0.05) is 24.7 Å². The van der Waals surface area contributed by atoms with E-state index in [-0.39, 0.29) is 42.3 Å². The molecule has 0 bridgehead atoms. The third-order valence-corrected chi connectivity index (χ3v) is 5.61. The van der Waals surface area contributed by atoms with E-state index in [4.69, 9.17) is 16.3 Å². The molecule has 7 nitrogen and oxygen atoms in total. The summed E-state index contributed by atoms with van der Waals surface area (Å²) in [5.74, 6) is -3.27. The first kappa shape index (κ1) is 24.5. The minimum atomic E-state index is -3.78. The molecule has 2 aromatic rings. The fraction of sp³-hybridized carbons (Fsp3) is 0.300. The molecule has 1 amide bonds. The Morgan fingerprint density at radius 1 is 1.13 bits per heavy atom. The SMILES string of the molecule is CCOC(=O)c1ccc(NC(=O)CCCN(c2ccc(F)c(F)c2)S(C)(=O)=O)cc1Cl. The van der Waals surface area contributed by atoms with Crippen LogP contribution >= 0.6 is 11.6 Å². The Morgan fingerprint density at radius 2 is 1.84 bits per heavy atom. The molecule has 0 saturated heterocycles. The Kier molecular flexibility index (Phi) is 8.35. The Labute approximate surface area is 184 Å². The fourth-order valence-corrected chi connectivity index (χ4v) is 3.92. The number of nitrogens with zero attached hydrogens (tertiary/aromatic N) is 1. The Balaban J connectivity index is 1.99. The van der Waals surface area contributed by atoms with Gasteiger partial charge in [0.05, 0.1) is 29.1 Å². The number of anilines is 2. The van der Waals surface area contributed by atoms with Gasteiger partial charge in [0.15, 0.2) is 11.6 Å². The zero-order valence-electron chi connectivity index (χ0n) is 16.8. The molecule has 0 unspecified atom stereocenters. The quantitative estimate of drug-likeness (QED) is 0.555. The number of esters is 1. The number of halogens is 3. The van der Waals surface area contributed by atoms with Gasteiger partial charge in [0.25, 0.3) is 0 Å². The summed E-state index contributed by atoms with van der Waals surface area (Å²) in [5.41, 5.74) is 0.476. The van der Waals surface area contributed by atoms with Crippen LogP contribution in [0.15, 0.2) is 36.4 Å². The molecule has 2 rings (SSSR count). The normalized spacial score (nSPS) is 11.1. The van der Waals surface area contributed by atoms with Crippen LogP contribution in [0.1, 0.15) is 30.1 Å². The summed E-state index contributed by atoms with van der Waals surface area (Å²) < 4.78 is 56.4. The van der Waals surface area contributed by atoms with E-state index in [1.165, 1.54) is 18.2 Å². The van der Waals surface area contributed by atoms with Crippen LogP contribution in [0.2, 0.25) is 5.02 Å². The number of carbonyl (C=O) groups is 2. The maximum atomic E-state index is 13.5. The highest BCUT2D eigenvalue weighted by atomic mass is 35.5. The maximum Gasteiger partial charge on any atom is 0.339 e. The monoisotopic (exact) mass is 474 g/mol. The number of hydrogen-bond donors (Lipinski definition) is 1. The number of carbonyl (C=O) groups excluding carboxylic acids is 2. The first-order chi connectivity index (χ1) is 14.5. The lowest BCUT2D eigenvalue weighted by molar-refractivity contribution is -0.116. The van der Waals surface area contributed by atoms with Gasteiger partial charge in [-0.3, -0.25) is 9.10 Å². The first-order valence-electron chi connectivity index (χ1n) is 9.22. The van der Waals surface area contributed by atoms with Gasteiger partial charge in [0.1, 0.15) is 0 Å². The van der Waals surface area contributed by atoms with Crippen molar-refractivity contribution >= 4 is 44.9 Å². The van der Waals surface area contributed by atoms with Gasteiger partial charge in [-0.05, 0) is 43.7 Å². The van der Waals surface area contributed by atoms with Crippen LogP contribution in [-0.2, 0) is 19.6 Å². The van der Waals surface area contributed by atoms with Crippen molar-refractivity contribution in [3.63, 3.8) is 0 Å². The van der Waals surface area contributed by atoms with E-state index < -0.39 is 33.5 Å². The molecule has 2 aromatic carbocycles. The molecule has 0 heterocycles. The number of nitrogens with one attached hydrogen (secondary N) is 1. The van der Waals surface area contributed by atoms with E-state index >= 15 is 0 Å². The number of amides is 1. The average Bonchev–Trinajstić information content (AvgIpc) is 2.67. The molecule has 31 heavy (non-hydrogen) atoms. The van der Waals surface area contributed by atoms with Crippen LogP contribution in [-0.4, -0.2) is 39.7 Å². The minimum absolute atomic E-state index is 0.0388. The summed E-state index contributed by atoms with van der Waals surface area (Å²) >= 11 is 6.05. The summed E-state index contributed by atoms with van der Waals surface area (Å²) in [6, 6.07) is 7.07. The number of benzene rings is 2. The second kappa shape index (κ2) is 10.5. The highest BCUT2D eigenvalue weighted by molar-refractivity contribution is 7.92. The summed E-state index contributed by atoms with van der Waals surface area (Å²) in [6.45, 7) is 1.75. The predicted octanol–water partition coefficient (Wildman–Crippen LogP) is 3.98.